The molecule has 25 heavy (non-hydrogen) atoms. The number of aromatic amines is 1. The van der Waals surface area contributed by atoms with Crippen molar-refractivity contribution in [1.82, 2.24) is 14.8 Å². The van der Waals surface area contributed by atoms with E-state index >= 15 is 0 Å². The third-order valence-corrected chi connectivity index (χ3v) is 6.16. The van der Waals surface area contributed by atoms with Crippen LogP contribution in [0.1, 0.15) is 23.2 Å². The molecule has 2 heterocycles. The van der Waals surface area contributed by atoms with Gasteiger partial charge in [-0.25, -0.2) is 0 Å². The molecule has 1 saturated carbocycles. The van der Waals surface area contributed by atoms with E-state index in [9.17, 15) is 4.79 Å². The first-order chi connectivity index (χ1) is 12.1. The maximum Gasteiger partial charge on any atom is 0.254 e. The van der Waals surface area contributed by atoms with Crippen molar-refractivity contribution in [2.45, 2.75) is 25.0 Å². The number of nitrogens with zero attached hydrogens (tertiary/aromatic N) is 2. The Balaban J connectivity index is 1.54. The second kappa shape index (κ2) is 6.46. The molecule has 5 nitrogen and oxygen atoms in total. The number of hydrogen-bond donors (Lipinski definition) is 1. The lowest BCUT2D eigenvalue weighted by Gasteiger charge is -2.40. The number of aromatic nitrogens is 1. The number of likely N-dealkylation sites (N-methyl/N-ethyl adjacent to an activating group) is 1. The summed E-state index contributed by atoms with van der Waals surface area (Å²) in [4.78, 5) is 20.7. The summed E-state index contributed by atoms with van der Waals surface area (Å²) in [7, 11) is 6.06. The highest BCUT2D eigenvalue weighted by molar-refractivity contribution is 6.06. The standard InChI is InChI=1S/C20H27N3O2/c1-22(2)18-9-13-11-23(12-14(13)10-19(18)25-3)20(24)16-5-4-6-17-15(16)7-8-21-17/h4-8,13-14,18-19,21H,9-12H2,1-3H3/t13-,14+,18-,19-/m1/s1. The molecule has 5 heteroatoms. The summed E-state index contributed by atoms with van der Waals surface area (Å²) >= 11 is 0. The molecule has 0 unspecified atom stereocenters. The first-order valence-corrected chi connectivity index (χ1v) is 9.13. The minimum absolute atomic E-state index is 0.162. The van der Waals surface area contributed by atoms with Crippen molar-refractivity contribution in [1.29, 1.82) is 0 Å². The highest BCUT2D eigenvalue weighted by Crippen LogP contribution is 2.39. The molecule has 0 radical (unpaired) electrons. The van der Waals surface area contributed by atoms with E-state index < -0.39 is 0 Å². The van der Waals surface area contributed by atoms with E-state index in [2.05, 4.69) is 28.9 Å². The number of likely N-dealkylation sites (tertiary alicyclic amines) is 1. The first-order valence-electron chi connectivity index (χ1n) is 9.13. The number of ether oxygens (including phenoxy) is 1. The van der Waals surface area contributed by atoms with Gasteiger partial charge in [0.15, 0.2) is 0 Å². The molecule has 1 amide bonds. The summed E-state index contributed by atoms with van der Waals surface area (Å²) in [5.41, 5.74) is 1.83. The number of fused-ring (bicyclic) bond motifs is 2. The lowest BCUT2D eigenvalue weighted by molar-refractivity contribution is -0.0209. The number of amides is 1. The summed E-state index contributed by atoms with van der Waals surface area (Å²) in [5, 5.41) is 1.02. The minimum Gasteiger partial charge on any atom is -0.380 e. The SMILES string of the molecule is CO[C@@H]1C[C@H]2CN(C(=O)c3cccc4[nH]ccc34)C[C@H]2C[C@H]1N(C)C. The van der Waals surface area contributed by atoms with E-state index in [1.54, 1.807) is 0 Å². The van der Waals surface area contributed by atoms with Gasteiger partial charge in [0.2, 0.25) is 0 Å². The zero-order valence-electron chi connectivity index (χ0n) is 15.2. The topological polar surface area (TPSA) is 48.6 Å². The molecule has 1 N–H and O–H groups in total. The van der Waals surface area contributed by atoms with Gasteiger partial charge in [-0.15, -0.1) is 0 Å². The molecule has 2 aromatic rings. The third kappa shape index (κ3) is 2.85. The van der Waals surface area contributed by atoms with Gasteiger partial charge in [0, 0.05) is 48.9 Å². The fraction of sp³-hybridized carbons (Fsp3) is 0.550. The summed E-state index contributed by atoms with van der Waals surface area (Å²) in [6, 6.07) is 8.35. The number of hydrogen-bond acceptors (Lipinski definition) is 3. The number of methoxy groups -OCH3 is 1. The van der Waals surface area contributed by atoms with Crippen LogP contribution in [-0.4, -0.2) is 67.1 Å². The summed E-state index contributed by atoms with van der Waals surface area (Å²) < 4.78 is 5.75. The molecule has 4 rings (SSSR count). The highest BCUT2D eigenvalue weighted by Gasteiger charge is 2.44. The van der Waals surface area contributed by atoms with Crippen LogP contribution in [0.2, 0.25) is 0 Å². The van der Waals surface area contributed by atoms with Gasteiger partial charge in [-0.1, -0.05) is 6.07 Å². The van der Waals surface area contributed by atoms with E-state index in [0.29, 0.717) is 17.9 Å². The Morgan fingerprint density at radius 3 is 2.68 bits per heavy atom. The lowest BCUT2D eigenvalue weighted by Crippen LogP contribution is -2.47. The van der Waals surface area contributed by atoms with Crippen molar-refractivity contribution < 1.29 is 9.53 Å². The van der Waals surface area contributed by atoms with Crippen LogP contribution in [-0.2, 0) is 4.74 Å². The average molecular weight is 341 g/mol. The van der Waals surface area contributed by atoms with Gasteiger partial charge in [-0.3, -0.25) is 4.79 Å². The third-order valence-electron chi connectivity index (χ3n) is 6.16. The number of nitrogens with one attached hydrogen (secondary N) is 1. The van der Waals surface area contributed by atoms with Gasteiger partial charge >= 0.3 is 0 Å². The zero-order valence-corrected chi connectivity index (χ0v) is 15.2. The molecule has 2 fully saturated rings. The largest absolute Gasteiger partial charge is 0.380 e. The van der Waals surface area contributed by atoms with Crippen LogP contribution in [0, 0.1) is 11.8 Å². The van der Waals surface area contributed by atoms with Gasteiger partial charge < -0.3 is 19.5 Å². The maximum atomic E-state index is 13.1. The van der Waals surface area contributed by atoms with Gasteiger partial charge in [-0.2, -0.15) is 0 Å². The van der Waals surface area contributed by atoms with Crippen molar-refractivity contribution in [2.75, 3.05) is 34.3 Å². The van der Waals surface area contributed by atoms with Crippen molar-refractivity contribution >= 4 is 16.8 Å². The van der Waals surface area contributed by atoms with E-state index in [0.717, 1.165) is 42.4 Å². The number of carbonyl (C=O) groups excluding carboxylic acids is 1. The van der Waals surface area contributed by atoms with Gasteiger partial charge in [0.25, 0.3) is 5.91 Å². The van der Waals surface area contributed by atoms with Crippen LogP contribution in [0.25, 0.3) is 10.9 Å². The predicted molar refractivity (Wildman–Crippen MR) is 98.7 cm³/mol. The van der Waals surface area contributed by atoms with E-state index in [-0.39, 0.29) is 12.0 Å². The molecule has 1 aliphatic carbocycles. The Kier molecular flexibility index (Phi) is 4.29. The van der Waals surface area contributed by atoms with Gasteiger partial charge in [-0.05, 0) is 57.0 Å². The number of benzene rings is 1. The Hall–Kier alpha value is -1.85. The van der Waals surface area contributed by atoms with Crippen LogP contribution < -0.4 is 0 Å². The Labute approximate surface area is 148 Å². The zero-order chi connectivity index (χ0) is 17.6. The number of carbonyl (C=O) groups is 1. The smallest absolute Gasteiger partial charge is 0.254 e. The predicted octanol–water partition coefficient (Wildman–Crippen LogP) is 2.60. The fourth-order valence-electron chi connectivity index (χ4n) is 4.79. The average Bonchev–Trinajstić information content (AvgIpc) is 3.25. The Bertz CT molecular complexity index is 769. The van der Waals surface area contributed by atoms with E-state index in [4.69, 9.17) is 4.74 Å². The molecule has 1 aliphatic heterocycles. The molecule has 1 saturated heterocycles. The normalized spacial score (nSPS) is 29.4. The van der Waals surface area contributed by atoms with Crippen LogP contribution in [0.5, 0.6) is 0 Å². The molecule has 1 aromatic carbocycles. The second-order valence-electron chi connectivity index (χ2n) is 7.75. The van der Waals surface area contributed by atoms with E-state index in [1.165, 1.54) is 0 Å². The summed E-state index contributed by atoms with van der Waals surface area (Å²) in [6.45, 7) is 1.72. The van der Waals surface area contributed by atoms with Crippen molar-refractivity contribution in [2.24, 2.45) is 11.8 Å². The van der Waals surface area contributed by atoms with Crippen LogP contribution in [0.4, 0.5) is 0 Å². The van der Waals surface area contributed by atoms with Crippen LogP contribution in [0.15, 0.2) is 30.5 Å². The minimum atomic E-state index is 0.162. The fourth-order valence-corrected chi connectivity index (χ4v) is 4.79. The van der Waals surface area contributed by atoms with Crippen LogP contribution >= 0.6 is 0 Å². The molecule has 0 bridgehead atoms. The van der Waals surface area contributed by atoms with Crippen LogP contribution in [0.3, 0.4) is 0 Å². The summed E-state index contributed by atoms with van der Waals surface area (Å²) in [5.74, 6) is 1.29. The second-order valence-corrected chi connectivity index (χ2v) is 7.75. The van der Waals surface area contributed by atoms with E-state index in [1.807, 2.05) is 37.6 Å². The lowest BCUT2D eigenvalue weighted by atomic mass is 9.77. The Morgan fingerprint density at radius 1 is 1.20 bits per heavy atom. The maximum absolute atomic E-state index is 13.1. The molecular formula is C20H27N3O2. The van der Waals surface area contributed by atoms with Gasteiger partial charge in [0.1, 0.15) is 0 Å². The number of rotatable bonds is 3. The molecule has 134 valence electrons. The van der Waals surface area contributed by atoms with Gasteiger partial charge in [0.05, 0.1) is 6.10 Å². The summed E-state index contributed by atoms with van der Waals surface area (Å²) in [6.07, 6.45) is 4.31. The van der Waals surface area contributed by atoms with Crippen molar-refractivity contribution in [3.8, 4) is 0 Å². The van der Waals surface area contributed by atoms with Crippen molar-refractivity contribution in [3.05, 3.63) is 36.0 Å². The van der Waals surface area contributed by atoms with Crippen molar-refractivity contribution in [3.63, 3.8) is 0 Å². The molecular weight excluding hydrogens is 314 g/mol. The molecule has 0 spiro atoms. The Morgan fingerprint density at radius 2 is 1.96 bits per heavy atom. The highest BCUT2D eigenvalue weighted by atomic mass is 16.5. The monoisotopic (exact) mass is 341 g/mol. The number of H-pyrrole nitrogens is 1. The molecule has 1 aromatic heterocycles. The molecule has 2 aliphatic rings. The molecule has 4 atom stereocenters. The first kappa shape index (κ1) is 16.6. The quantitative estimate of drug-likeness (QED) is 0.933.